The number of benzene rings is 1. The Balaban J connectivity index is 1.30. The van der Waals surface area contributed by atoms with Gasteiger partial charge in [0.25, 0.3) is 0 Å². The number of amides is 1. The summed E-state index contributed by atoms with van der Waals surface area (Å²) in [6.07, 6.45) is 5.53. The second-order valence-electron chi connectivity index (χ2n) is 6.96. The van der Waals surface area contributed by atoms with Crippen LogP contribution in [0.5, 0.6) is 0 Å². The molecular weight excluding hydrogens is 336 g/mol. The predicted molar refractivity (Wildman–Crippen MR) is 97.3 cm³/mol. The van der Waals surface area contributed by atoms with Crippen LogP contribution in [-0.4, -0.2) is 51.4 Å². The Morgan fingerprint density at radius 2 is 2.04 bits per heavy atom. The number of nitrogens with zero attached hydrogens (tertiary/aromatic N) is 4. The summed E-state index contributed by atoms with van der Waals surface area (Å²) in [6, 6.07) is 8.01. The zero-order valence-corrected chi connectivity index (χ0v) is 15.0. The summed E-state index contributed by atoms with van der Waals surface area (Å²) in [7, 11) is 0. The molecule has 4 rings (SSSR count). The second-order valence-corrected chi connectivity index (χ2v) is 7.39. The molecule has 0 aliphatic carbocycles. The van der Waals surface area contributed by atoms with Gasteiger partial charge in [0.05, 0.1) is 0 Å². The maximum absolute atomic E-state index is 12.8. The van der Waals surface area contributed by atoms with Crippen molar-refractivity contribution >= 4 is 17.5 Å². The van der Waals surface area contributed by atoms with E-state index in [0.29, 0.717) is 5.91 Å². The van der Waals surface area contributed by atoms with E-state index in [9.17, 15) is 4.79 Å². The molecule has 1 fully saturated rings. The van der Waals surface area contributed by atoms with Crippen molar-refractivity contribution in [2.75, 3.05) is 26.2 Å². The molecule has 5 nitrogen and oxygen atoms in total. The van der Waals surface area contributed by atoms with Crippen molar-refractivity contribution in [3.63, 3.8) is 0 Å². The third-order valence-electron chi connectivity index (χ3n) is 5.28. The standard InChI is InChI=1S/C19H23ClN4O/c20-17-3-1-2-15(12-17)14-22-8-10-24(11-9-22)19(25)16-4-6-23-7-5-21-18(23)13-16/h1-3,5,7,12,16H,4,6,8-11,13-14H2/t16-/m0/s1. The average Bonchev–Trinajstić information content (AvgIpc) is 3.09. The number of carbonyl (C=O) groups is 1. The normalized spacial score (nSPS) is 21.2. The Kier molecular flexibility index (Phi) is 4.77. The molecule has 1 aromatic carbocycles. The van der Waals surface area contributed by atoms with E-state index in [-0.39, 0.29) is 5.92 Å². The fourth-order valence-electron chi connectivity index (χ4n) is 3.84. The van der Waals surface area contributed by atoms with E-state index in [0.717, 1.165) is 63.0 Å². The van der Waals surface area contributed by atoms with Crippen molar-refractivity contribution in [1.82, 2.24) is 19.4 Å². The van der Waals surface area contributed by atoms with Gasteiger partial charge in [-0.25, -0.2) is 4.98 Å². The van der Waals surface area contributed by atoms with Crippen LogP contribution in [0.2, 0.25) is 5.02 Å². The van der Waals surface area contributed by atoms with E-state index >= 15 is 0 Å². The summed E-state index contributed by atoms with van der Waals surface area (Å²) in [6.45, 7) is 5.25. The highest BCUT2D eigenvalue weighted by Crippen LogP contribution is 2.22. The van der Waals surface area contributed by atoms with Gasteiger partial charge in [-0.2, -0.15) is 0 Å². The van der Waals surface area contributed by atoms with Crippen molar-refractivity contribution < 1.29 is 4.79 Å². The van der Waals surface area contributed by atoms with E-state index in [1.54, 1.807) is 0 Å². The molecule has 0 spiro atoms. The summed E-state index contributed by atoms with van der Waals surface area (Å²) >= 11 is 6.06. The van der Waals surface area contributed by atoms with Crippen molar-refractivity contribution in [3.8, 4) is 0 Å². The maximum atomic E-state index is 12.8. The van der Waals surface area contributed by atoms with Gasteiger partial charge in [0.1, 0.15) is 5.82 Å². The molecule has 6 heteroatoms. The molecule has 1 amide bonds. The lowest BCUT2D eigenvalue weighted by atomic mass is 9.96. The van der Waals surface area contributed by atoms with Crippen LogP contribution in [0.1, 0.15) is 17.8 Å². The number of rotatable bonds is 3. The number of halogens is 1. The van der Waals surface area contributed by atoms with Gasteiger partial charge in [0, 0.05) is 69.0 Å². The Bertz CT molecular complexity index is 751. The number of piperazine rings is 1. The third-order valence-corrected chi connectivity index (χ3v) is 5.51. The van der Waals surface area contributed by atoms with Gasteiger partial charge >= 0.3 is 0 Å². The first-order valence-electron chi connectivity index (χ1n) is 8.94. The number of imidazole rings is 1. The molecule has 0 bridgehead atoms. The Morgan fingerprint density at radius 1 is 1.20 bits per heavy atom. The molecule has 1 saturated heterocycles. The lowest BCUT2D eigenvalue weighted by molar-refractivity contribution is -0.138. The highest BCUT2D eigenvalue weighted by Gasteiger charge is 2.30. The molecule has 0 unspecified atom stereocenters. The highest BCUT2D eigenvalue weighted by atomic mass is 35.5. The van der Waals surface area contributed by atoms with Gasteiger partial charge in [-0.1, -0.05) is 23.7 Å². The number of hydrogen-bond acceptors (Lipinski definition) is 3. The lowest BCUT2D eigenvalue weighted by Gasteiger charge is -2.37. The summed E-state index contributed by atoms with van der Waals surface area (Å²) in [4.78, 5) is 21.7. The molecular formula is C19H23ClN4O. The third kappa shape index (κ3) is 3.72. The molecule has 1 aromatic heterocycles. The lowest BCUT2D eigenvalue weighted by Crippen LogP contribution is -2.50. The smallest absolute Gasteiger partial charge is 0.226 e. The Labute approximate surface area is 153 Å². The van der Waals surface area contributed by atoms with E-state index in [1.165, 1.54) is 5.56 Å². The second kappa shape index (κ2) is 7.18. The van der Waals surface area contributed by atoms with Gasteiger partial charge in [0.2, 0.25) is 5.91 Å². The van der Waals surface area contributed by atoms with Crippen LogP contribution in [0, 0.1) is 5.92 Å². The SMILES string of the molecule is O=C([C@H]1CCn2ccnc2C1)N1CCN(Cc2cccc(Cl)c2)CC1. The first kappa shape index (κ1) is 16.6. The van der Waals surface area contributed by atoms with Crippen molar-refractivity contribution in [1.29, 1.82) is 0 Å². The molecule has 0 saturated carbocycles. The first-order valence-corrected chi connectivity index (χ1v) is 9.32. The van der Waals surface area contributed by atoms with E-state index in [2.05, 4.69) is 20.5 Å². The summed E-state index contributed by atoms with van der Waals surface area (Å²) in [5.74, 6) is 1.44. The average molecular weight is 359 g/mol. The predicted octanol–water partition coefficient (Wildman–Crippen LogP) is 2.44. The largest absolute Gasteiger partial charge is 0.340 e. The molecule has 2 aliphatic heterocycles. The molecule has 0 radical (unpaired) electrons. The minimum absolute atomic E-state index is 0.0920. The molecule has 1 atom stereocenters. The minimum atomic E-state index is 0.0920. The van der Waals surface area contributed by atoms with Gasteiger partial charge in [-0.15, -0.1) is 0 Å². The first-order chi connectivity index (χ1) is 12.2. The molecule has 2 aliphatic rings. The van der Waals surface area contributed by atoms with E-state index in [1.807, 2.05) is 35.5 Å². The Hall–Kier alpha value is -1.85. The molecule has 3 heterocycles. The van der Waals surface area contributed by atoms with Gasteiger partial charge in [0.15, 0.2) is 0 Å². The van der Waals surface area contributed by atoms with Crippen LogP contribution in [0.25, 0.3) is 0 Å². The van der Waals surface area contributed by atoms with E-state index in [4.69, 9.17) is 11.6 Å². The highest BCUT2D eigenvalue weighted by molar-refractivity contribution is 6.30. The van der Waals surface area contributed by atoms with Crippen LogP contribution < -0.4 is 0 Å². The zero-order chi connectivity index (χ0) is 17.2. The molecule has 0 N–H and O–H groups in total. The molecule has 2 aromatic rings. The molecule has 25 heavy (non-hydrogen) atoms. The number of fused-ring (bicyclic) bond motifs is 1. The quantitative estimate of drug-likeness (QED) is 0.846. The summed E-state index contributed by atoms with van der Waals surface area (Å²) in [5.41, 5.74) is 1.23. The van der Waals surface area contributed by atoms with Crippen molar-refractivity contribution in [3.05, 3.63) is 53.1 Å². The van der Waals surface area contributed by atoms with Crippen LogP contribution in [0.4, 0.5) is 0 Å². The number of carbonyl (C=O) groups excluding carboxylic acids is 1. The Morgan fingerprint density at radius 3 is 2.84 bits per heavy atom. The molecule has 132 valence electrons. The van der Waals surface area contributed by atoms with Gasteiger partial charge in [-0.3, -0.25) is 9.69 Å². The topological polar surface area (TPSA) is 41.4 Å². The van der Waals surface area contributed by atoms with Crippen LogP contribution in [-0.2, 0) is 24.3 Å². The summed E-state index contributed by atoms with van der Waals surface area (Å²) < 4.78 is 2.16. The van der Waals surface area contributed by atoms with Crippen molar-refractivity contribution in [2.24, 2.45) is 5.92 Å². The fourth-order valence-corrected chi connectivity index (χ4v) is 4.05. The van der Waals surface area contributed by atoms with E-state index < -0.39 is 0 Å². The fraction of sp³-hybridized carbons (Fsp3) is 0.474. The monoisotopic (exact) mass is 358 g/mol. The minimum Gasteiger partial charge on any atom is -0.340 e. The van der Waals surface area contributed by atoms with Crippen molar-refractivity contribution in [2.45, 2.75) is 25.9 Å². The van der Waals surface area contributed by atoms with Crippen LogP contribution >= 0.6 is 11.6 Å². The maximum Gasteiger partial charge on any atom is 0.226 e. The zero-order valence-electron chi connectivity index (χ0n) is 14.3. The van der Waals surface area contributed by atoms with Gasteiger partial charge in [-0.05, 0) is 24.1 Å². The summed E-state index contributed by atoms with van der Waals surface area (Å²) in [5, 5.41) is 0.780. The van der Waals surface area contributed by atoms with Crippen LogP contribution in [0.15, 0.2) is 36.7 Å². The van der Waals surface area contributed by atoms with Crippen LogP contribution in [0.3, 0.4) is 0 Å². The number of aryl methyl sites for hydroxylation is 1. The van der Waals surface area contributed by atoms with Gasteiger partial charge < -0.3 is 9.47 Å². The number of hydrogen-bond donors (Lipinski definition) is 0. The number of aromatic nitrogens is 2.